The fraction of sp³-hybridized carbons (Fsp3) is 0. The number of fused-ring (bicyclic) bond motifs is 1. The molecule has 2 aromatic rings. The van der Waals surface area contributed by atoms with Gasteiger partial charge in [0.15, 0.2) is 0 Å². The number of rotatable bonds is 1. The Bertz CT molecular complexity index is 477. The summed E-state index contributed by atoms with van der Waals surface area (Å²) in [6.45, 7) is 0. The Morgan fingerprint density at radius 1 is 1.54 bits per heavy atom. The van der Waals surface area contributed by atoms with Crippen LogP contribution in [0.4, 0.5) is 5.82 Å². The van der Waals surface area contributed by atoms with E-state index in [0.29, 0.717) is 0 Å². The molecular weight excluding hydrogens is 174 g/mol. The van der Waals surface area contributed by atoms with Crippen molar-refractivity contribution in [2.24, 2.45) is 0 Å². The molecule has 0 aliphatic carbocycles. The van der Waals surface area contributed by atoms with Crippen LogP contribution < -0.4 is 5.73 Å². The molecule has 2 rings (SSSR count). The van der Waals surface area contributed by atoms with E-state index in [9.17, 15) is 4.79 Å². The third kappa shape index (κ3) is 0.975. The van der Waals surface area contributed by atoms with Crippen molar-refractivity contribution in [3.8, 4) is 0 Å². The van der Waals surface area contributed by atoms with E-state index < -0.39 is 5.97 Å². The monoisotopic (exact) mass is 179 g/mol. The van der Waals surface area contributed by atoms with Crippen molar-refractivity contribution in [2.75, 3.05) is 5.73 Å². The smallest absolute Gasteiger partial charge is 0.360 e. The largest absolute Gasteiger partial charge is 0.476 e. The molecule has 0 fully saturated rings. The number of aromatic nitrogens is 4. The predicted molar refractivity (Wildman–Crippen MR) is 42.2 cm³/mol. The standard InChI is InChI=1S/C6H5N5O2/c7-4-3(5(12)13)9-10-6-8-1-2-11(4)6/h1-2H,7H2,(H,12,13). The number of carboxylic acids is 1. The second kappa shape index (κ2) is 2.41. The predicted octanol–water partition coefficient (Wildman–Crippen LogP) is -0.595. The Kier molecular flexibility index (Phi) is 1.38. The van der Waals surface area contributed by atoms with E-state index in [0.717, 1.165) is 0 Å². The van der Waals surface area contributed by atoms with Crippen LogP contribution in [0.25, 0.3) is 5.78 Å². The van der Waals surface area contributed by atoms with E-state index in [1.54, 1.807) is 0 Å². The summed E-state index contributed by atoms with van der Waals surface area (Å²) in [5.74, 6) is -0.905. The van der Waals surface area contributed by atoms with Gasteiger partial charge in [0.05, 0.1) is 0 Å². The highest BCUT2D eigenvalue weighted by molar-refractivity contribution is 5.90. The Hall–Kier alpha value is -2.18. The Labute approximate surface area is 71.8 Å². The summed E-state index contributed by atoms with van der Waals surface area (Å²) in [5.41, 5.74) is 5.23. The molecule has 66 valence electrons. The van der Waals surface area contributed by atoms with E-state index in [2.05, 4.69) is 15.2 Å². The molecule has 2 heterocycles. The van der Waals surface area contributed by atoms with Gasteiger partial charge in [-0.3, -0.25) is 4.40 Å². The van der Waals surface area contributed by atoms with Gasteiger partial charge in [0.1, 0.15) is 5.82 Å². The molecule has 0 aliphatic rings. The molecule has 2 aromatic heterocycles. The lowest BCUT2D eigenvalue weighted by Gasteiger charge is -2.00. The first-order chi connectivity index (χ1) is 6.20. The zero-order valence-electron chi connectivity index (χ0n) is 6.38. The highest BCUT2D eigenvalue weighted by Crippen LogP contribution is 2.08. The zero-order chi connectivity index (χ0) is 9.42. The molecule has 3 N–H and O–H groups in total. The van der Waals surface area contributed by atoms with Gasteiger partial charge in [-0.2, -0.15) is 0 Å². The minimum absolute atomic E-state index is 0.0231. The number of anilines is 1. The van der Waals surface area contributed by atoms with Gasteiger partial charge < -0.3 is 10.8 Å². The molecule has 0 unspecified atom stereocenters. The van der Waals surface area contributed by atoms with E-state index >= 15 is 0 Å². The number of carboxylic acid groups (broad SMARTS) is 1. The Morgan fingerprint density at radius 2 is 2.31 bits per heavy atom. The number of nitrogens with two attached hydrogens (primary N) is 1. The summed E-state index contributed by atoms with van der Waals surface area (Å²) in [6, 6.07) is 0. The van der Waals surface area contributed by atoms with Crippen LogP contribution in [-0.2, 0) is 0 Å². The Balaban J connectivity index is 2.80. The topological polar surface area (TPSA) is 106 Å². The lowest BCUT2D eigenvalue weighted by molar-refractivity contribution is 0.0690. The molecule has 7 heteroatoms. The van der Waals surface area contributed by atoms with Gasteiger partial charge in [-0.1, -0.05) is 0 Å². The summed E-state index contributed by atoms with van der Waals surface area (Å²) in [6.07, 6.45) is 2.98. The molecule has 0 saturated heterocycles. The van der Waals surface area contributed by atoms with E-state index in [1.807, 2.05) is 0 Å². The van der Waals surface area contributed by atoms with Gasteiger partial charge in [-0.25, -0.2) is 9.78 Å². The molecule has 0 aliphatic heterocycles. The van der Waals surface area contributed by atoms with Gasteiger partial charge in [-0.15, -0.1) is 10.2 Å². The van der Waals surface area contributed by atoms with Crippen LogP contribution in [0.2, 0.25) is 0 Å². The average Bonchev–Trinajstić information content (AvgIpc) is 2.52. The number of carbonyl (C=O) groups is 1. The fourth-order valence-electron chi connectivity index (χ4n) is 0.970. The van der Waals surface area contributed by atoms with Crippen molar-refractivity contribution in [2.45, 2.75) is 0 Å². The maximum atomic E-state index is 10.6. The second-order valence-electron chi connectivity index (χ2n) is 2.34. The number of imidazole rings is 1. The van der Waals surface area contributed by atoms with Crippen molar-refractivity contribution in [3.05, 3.63) is 18.1 Å². The van der Waals surface area contributed by atoms with Crippen LogP contribution in [0.15, 0.2) is 12.4 Å². The molecule has 0 spiro atoms. The molecule has 0 saturated carbocycles. The highest BCUT2D eigenvalue weighted by Gasteiger charge is 2.13. The van der Waals surface area contributed by atoms with E-state index in [1.165, 1.54) is 16.8 Å². The first-order valence-electron chi connectivity index (χ1n) is 3.38. The van der Waals surface area contributed by atoms with Gasteiger partial charge >= 0.3 is 5.97 Å². The first kappa shape index (κ1) is 7.47. The van der Waals surface area contributed by atoms with Crippen LogP contribution in [0, 0.1) is 0 Å². The molecule has 0 aromatic carbocycles. The maximum Gasteiger partial charge on any atom is 0.360 e. The molecule has 0 amide bonds. The van der Waals surface area contributed by atoms with E-state index in [-0.39, 0.29) is 17.3 Å². The summed E-state index contributed by atoms with van der Waals surface area (Å²) in [4.78, 5) is 14.4. The fourth-order valence-corrected chi connectivity index (χ4v) is 0.970. The van der Waals surface area contributed by atoms with Crippen molar-refractivity contribution >= 4 is 17.6 Å². The summed E-state index contributed by atoms with van der Waals surface area (Å²) in [7, 11) is 0. The molecule has 0 atom stereocenters. The van der Waals surface area contributed by atoms with E-state index in [4.69, 9.17) is 10.8 Å². The third-order valence-corrected chi connectivity index (χ3v) is 1.57. The van der Waals surface area contributed by atoms with Crippen LogP contribution >= 0.6 is 0 Å². The van der Waals surface area contributed by atoms with Crippen molar-refractivity contribution in [1.82, 2.24) is 19.6 Å². The van der Waals surface area contributed by atoms with Crippen LogP contribution in [0.5, 0.6) is 0 Å². The molecule has 13 heavy (non-hydrogen) atoms. The third-order valence-electron chi connectivity index (χ3n) is 1.57. The summed E-state index contributed by atoms with van der Waals surface area (Å²) < 4.78 is 1.36. The molecular formula is C6H5N5O2. The highest BCUT2D eigenvalue weighted by atomic mass is 16.4. The maximum absolute atomic E-state index is 10.6. The van der Waals surface area contributed by atoms with Crippen LogP contribution in [0.3, 0.4) is 0 Å². The molecule has 0 bridgehead atoms. The average molecular weight is 179 g/mol. The quantitative estimate of drug-likeness (QED) is 0.605. The summed E-state index contributed by atoms with van der Waals surface area (Å²) >= 11 is 0. The minimum Gasteiger partial charge on any atom is -0.476 e. The number of hydrogen-bond donors (Lipinski definition) is 2. The van der Waals surface area contributed by atoms with Crippen LogP contribution in [-0.4, -0.2) is 30.7 Å². The SMILES string of the molecule is Nc1c(C(=O)O)nnc2nccn12. The number of nitrogen functional groups attached to an aromatic ring is 1. The lowest BCUT2D eigenvalue weighted by atomic mass is 10.4. The number of nitrogens with zero attached hydrogens (tertiary/aromatic N) is 4. The first-order valence-corrected chi connectivity index (χ1v) is 3.38. The minimum atomic E-state index is -1.21. The number of hydrogen-bond acceptors (Lipinski definition) is 5. The lowest BCUT2D eigenvalue weighted by Crippen LogP contribution is -2.11. The van der Waals surface area contributed by atoms with Gasteiger partial charge in [-0.05, 0) is 0 Å². The van der Waals surface area contributed by atoms with Gasteiger partial charge in [0.25, 0.3) is 5.78 Å². The zero-order valence-corrected chi connectivity index (χ0v) is 6.38. The van der Waals surface area contributed by atoms with Crippen LogP contribution in [0.1, 0.15) is 10.5 Å². The van der Waals surface area contributed by atoms with Crippen molar-refractivity contribution in [3.63, 3.8) is 0 Å². The van der Waals surface area contributed by atoms with Gasteiger partial charge in [0.2, 0.25) is 5.69 Å². The number of aromatic carboxylic acids is 1. The molecule has 0 radical (unpaired) electrons. The Morgan fingerprint density at radius 3 is 3.00 bits per heavy atom. The summed E-state index contributed by atoms with van der Waals surface area (Å²) in [5, 5.41) is 15.6. The normalized spacial score (nSPS) is 10.5. The second-order valence-corrected chi connectivity index (χ2v) is 2.34. The van der Waals surface area contributed by atoms with Gasteiger partial charge in [0, 0.05) is 12.4 Å². The van der Waals surface area contributed by atoms with Crippen molar-refractivity contribution < 1.29 is 9.90 Å². The molecule has 7 nitrogen and oxygen atoms in total. The van der Waals surface area contributed by atoms with Crippen molar-refractivity contribution in [1.29, 1.82) is 0 Å².